The Hall–Kier alpha value is -6.97. The van der Waals surface area contributed by atoms with Crippen LogP contribution in [0.4, 0.5) is 0 Å². The maximum atomic E-state index is 5.17. The topological polar surface area (TPSA) is 38.7 Å². The molecule has 1 atom stereocenters. The van der Waals surface area contributed by atoms with Gasteiger partial charge < -0.3 is 0 Å². The fraction of sp³-hybridized carbons (Fsp3) is 0.0200. The third kappa shape index (κ3) is 5.01. The Balaban J connectivity index is 1.17. The molecular formula is C50H33N3. The fourth-order valence-electron chi connectivity index (χ4n) is 8.28. The predicted molar refractivity (Wildman–Crippen MR) is 216 cm³/mol. The molecule has 0 saturated heterocycles. The first-order chi connectivity index (χ1) is 26.3. The first kappa shape index (κ1) is 30.8. The van der Waals surface area contributed by atoms with Gasteiger partial charge in [0.25, 0.3) is 0 Å². The molecule has 3 nitrogen and oxygen atoms in total. The van der Waals surface area contributed by atoms with E-state index < -0.39 is 5.41 Å². The van der Waals surface area contributed by atoms with Crippen LogP contribution in [0.1, 0.15) is 22.3 Å². The van der Waals surface area contributed by atoms with Crippen molar-refractivity contribution in [3.05, 3.63) is 222 Å². The largest absolute Gasteiger partial charge is 0.208 e. The van der Waals surface area contributed by atoms with Gasteiger partial charge in [0, 0.05) is 16.7 Å². The summed E-state index contributed by atoms with van der Waals surface area (Å²) < 4.78 is 0. The van der Waals surface area contributed by atoms with Gasteiger partial charge in [-0.3, -0.25) is 0 Å². The molecule has 0 bridgehead atoms. The van der Waals surface area contributed by atoms with Crippen molar-refractivity contribution in [3.8, 4) is 56.4 Å². The molecule has 248 valence electrons. The molecule has 10 rings (SSSR count). The van der Waals surface area contributed by atoms with E-state index in [1.54, 1.807) is 0 Å². The van der Waals surface area contributed by atoms with Crippen LogP contribution in [-0.4, -0.2) is 15.0 Å². The summed E-state index contributed by atoms with van der Waals surface area (Å²) in [6.45, 7) is 0. The minimum Gasteiger partial charge on any atom is -0.208 e. The number of rotatable bonds is 6. The number of aromatic nitrogens is 3. The zero-order chi connectivity index (χ0) is 35.2. The summed E-state index contributed by atoms with van der Waals surface area (Å²) >= 11 is 0. The van der Waals surface area contributed by atoms with Gasteiger partial charge in [-0.25, -0.2) is 15.0 Å². The normalized spacial score (nSPS) is 14.5. The highest BCUT2D eigenvalue weighted by molar-refractivity contribution is 6.04. The summed E-state index contributed by atoms with van der Waals surface area (Å²) in [7, 11) is 0. The Morgan fingerprint density at radius 3 is 1.53 bits per heavy atom. The van der Waals surface area contributed by atoms with Crippen LogP contribution in [0.2, 0.25) is 0 Å². The maximum absolute atomic E-state index is 5.17. The van der Waals surface area contributed by atoms with Crippen molar-refractivity contribution in [1.82, 2.24) is 15.0 Å². The molecule has 9 aromatic rings. The van der Waals surface area contributed by atoms with E-state index >= 15 is 0 Å². The number of fused-ring (bicyclic) bond motifs is 5. The van der Waals surface area contributed by atoms with E-state index in [1.165, 1.54) is 44.2 Å². The van der Waals surface area contributed by atoms with Crippen molar-refractivity contribution in [3.63, 3.8) is 0 Å². The van der Waals surface area contributed by atoms with Crippen LogP contribution < -0.4 is 0 Å². The second-order valence-electron chi connectivity index (χ2n) is 13.5. The minimum atomic E-state index is -0.510. The number of hydrogen-bond donors (Lipinski definition) is 0. The average molecular weight is 676 g/mol. The second kappa shape index (κ2) is 12.7. The molecule has 1 heterocycles. The lowest BCUT2D eigenvalue weighted by molar-refractivity contribution is 0.769. The van der Waals surface area contributed by atoms with Crippen molar-refractivity contribution >= 4 is 10.8 Å². The number of benzene rings is 8. The molecular weight excluding hydrogens is 643 g/mol. The van der Waals surface area contributed by atoms with Crippen molar-refractivity contribution < 1.29 is 0 Å². The lowest BCUT2D eigenvalue weighted by atomic mass is 9.67. The third-order valence-electron chi connectivity index (χ3n) is 10.6. The summed E-state index contributed by atoms with van der Waals surface area (Å²) in [5.41, 5.74) is 12.1. The van der Waals surface area contributed by atoms with E-state index in [2.05, 4.69) is 170 Å². The molecule has 1 unspecified atom stereocenters. The van der Waals surface area contributed by atoms with Crippen LogP contribution in [-0.2, 0) is 5.41 Å². The number of nitrogens with zero attached hydrogens (tertiary/aromatic N) is 3. The average Bonchev–Trinajstić information content (AvgIpc) is 3.56. The molecule has 3 heteroatoms. The van der Waals surface area contributed by atoms with Gasteiger partial charge >= 0.3 is 0 Å². The Morgan fingerprint density at radius 2 is 0.811 bits per heavy atom. The molecule has 53 heavy (non-hydrogen) atoms. The van der Waals surface area contributed by atoms with Crippen LogP contribution in [0.25, 0.3) is 67.2 Å². The van der Waals surface area contributed by atoms with Crippen LogP contribution in [0.15, 0.2) is 200 Å². The van der Waals surface area contributed by atoms with Gasteiger partial charge in [-0.1, -0.05) is 200 Å². The van der Waals surface area contributed by atoms with E-state index in [-0.39, 0.29) is 0 Å². The molecule has 0 spiro atoms. The van der Waals surface area contributed by atoms with Gasteiger partial charge in [0.2, 0.25) is 0 Å². The summed E-state index contributed by atoms with van der Waals surface area (Å²) in [5.74, 6) is 1.92. The summed E-state index contributed by atoms with van der Waals surface area (Å²) in [5, 5.41) is 2.52. The van der Waals surface area contributed by atoms with Crippen LogP contribution in [0, 0.1) is 0 Å². The smallest absolute Gasteiger partial charge is 0.164 e. The van der Waals surface area contributed by atoms with Gasteiger partial charge in [-0.2, -0.15) is 0 Å². The van der Waals surface area contributed by atoms with Crippen molar-refractivity contribution in [2.75, 3.05) is 0 Å². The lowest BCUT2D eigenvalue weighted by Crippen LogP contribution is -2.28. The first-order valence-electron chi connectivity index (χ1n) is 18.0. The van der Waals surface area contributed by atoms with Gasteiger partial charge in [0.1, 0.15) is 0 Å². The molecule has 1 aliphatic carbocycles. The van der Waals surface area contributed by atoms with E-state index in [4.69, 9.17) is 15.0 Å². The van der Waals surface area contributed by atoms with E-state index in [0.717, 1.165) is 27.8 Å². The zero-order valence-corrected chi connectivity index (χ0v) is 28.9. The van der Waals surface area contributed by atoms with Crippen LogP contribution >= 0.6 is 0 Å². The summed E-state index contributed by atoms with van der Waals surface area (Å²) in [6, 6.07) is 71.0. The lowest BCUT2D eigenvalue weighted by Gasteiger charge is -2.34. The predicted octanol–water partition coefficient (Wildman–Crippen LogP) is 12.1. The molecule has 0 saturated carbocycles. The highest BCUT2D eigenvalue weighted by Gasteiger charge is 2.46. The Kier molecular flexibility index (Phi) is 7.36. The van der Waals surface area contributed by atoms with Gasteiger partial charge in [0.15, 0.2) is 17.5 Å². The molecule has 1 aliphatic rings. The highest BCUT2D eigenvalue weighted by Crippen LogP contribution is 2.57. The SMILES string of the molecule is c1ccc(-c2nc(-c3ccc(C4(c5ccccc5)c5ccccc5-c5c4ccc4ccccc54)cc3)nc(-c3ccccc3-c3ccccc3)n2)cc1. The Morgan fingerprint density at radius 1 is 0.302 bits per heavy atom. The summed E-state index contributed by atoms with van der Waals surface area (Å²) in [6.07, 6.45) is 0. The minimum absolute atomic E-state index is 0.510. The van der Waals surface area contributed by atoms with Gasteiger partial charge in [0.05, 0.1) is 5.41 Å². The molecule has 0 N–H and O–H groups in total. The second-order valence-corrected chi connectivity index (χ2v) is 13.5. The van der Waals surface area contributed by atoms with Crippen molar-refractivity contribution in [1.29, 1.82) is 0 Å². The quantitative estimate of drug-likeness (QED) is 0.176. The van der Waals surface area contributed by atoms with E-state index in [1.807, 2.05) is 30.3 Å². The Labute approximate surface area is 309 Å². The first-order valence-corrected chi connectivity index (χ1v) is 18.0. The van der Waals surface area contributed by atoms with E-state index in [9.17, 15) is 0 Å². The number of hydrogen-bond acceptors (Lipinski definition) is 3. The van der Waals surface area contributed by atoms with Gasteiger partial charge in [-0.15, -0.1) is 0 Å². The van der Waals surface area contributed by atoms with Crippen LogP contribution in [0.5, 0.6) is 0 Å². The zero-order valence-electron chi connectivity index (χ0n) is 28.9. The highest BCUT2D eigenvalue weighted by atomic mass is 15.0. The molecule has 0 radical (unpaired) electrons. The third-order valence-corrected chi connectivity index (χ3v) is 10.6. The molecule has 0 aliphatic heterocycles. The maximum Gasteiger partial charge on any atom is 0.164 e. The molecule has 0 fully saturated rings. The van der Waals surface area contributed by atoms with Crippen LogP contribution in [0.3, 0.4) is 0 Å². The van der Waals surface area contributed by atoms with Crippen molar-refractivity contribution in [2.24, 2.45) is 0 Å². The Bertz CT molecular complexity index is 2760. The monoisotopic (exact) mass is 675 g/mol. The van der Waals surface area contributed by atoms with Crippen molar-refractivity contribution in [2.45, 2.75) is 5.41 Å². The molecule has 8 aromatic carbocycles. The van der Waals surface area contributed by atoms with E-state index in [0.29, 0.717) is 17.5 Å². The fourth-order valence-corrected chi connectivity index (χ4v) is 8.28. The van der Waals surface area contributed by atoms with Gasteiger partial charge in [-0.05, 0) is 55.3 Å². The molecule has 0 amide bonds. The molecule has 1 aromatic heterocycles. The summed E-state index contributed by atoms with van der Waals surface area (Å²) in [4.78, 5) is 15.3. The standard InChI is InChI=1S/C50H33N3/c1-4-16-34(17-5-1)40-23-12-13-25-42(40)49-52-47(36-19-6-2-7-20-36)51-48(53-49)37-28-31-39(32-29-37)50(38-21-8-3-9-22-38)44-27-15-14-26-43(44)46-41-24-11-10-18-35(41)30-33-45(46)50/h1-33H.